The summed E-state index contributed by atoms with van der Waals surface area (Å²) >= 11 is 2.72. The highest BCUT2D eigenvalue weighted by Gasteiger charge is 2.86. The third-order valence-electron chi connectivity index (χ3n) is 10.6. The van der Waals surface area contributed by atoms with E-state index < -0.39 is 5.79 Å². The average molecular weight is 496 g/mol. The van der Waals surface area contributed by atoms with Crippen LogP contribution in [0, 0.1) is 46.3 Å². The third kappa shape index (κ3) is 1.53. The van der Waals surface area contributed by atoms with Gasteiger partial charge in [0, 0.05) is 27.1 Å². The Balaban J connectivity index is 0.957. The summed E-state index contributed by atoms with van der Waals surface area (Å²) in [6.07, 6.45) is 7.36. The lowest BCUT2D eigenvalue weighted by Gasteiger charge is -2.47. The van der Waals surface area contributed by atoms with Gasteiger partial charge in [0.15, 0.2) is 5.79 Å². The predicted molar refractivity (Wildman–Crippen MR) is 104 cm³/mol. The van der Waals surface area contributed by atoms with E-state index in [1.54, 1.807) is 0 Å². The second kappa shape index (κ2) is 4.52. The van der Waals surface area contributed by atoms with Gasteiger partial charge >= 0.3 is 5.97 Å². The molecule has 9 atom stereocenters. The summed E-state index contributed by atoms with van der Waals surface area (Å²) in [5.74, 6) is 2.55. The molecule has 0 radical (unpaired) electrons. The van der Waals surface area contributed by atoms with Crippen molar-refractivity contribution in [1.82, 2.24) is 0 Å². The van der Waals surface area contributed by atoms with Gasteiger partial charge in [-0.2, -0.15) is 0 Å². The minimum atomic E-state index is -0.392. The van der Waals surface area contributed by atoms with Crippen molar-refractivity contribution in [3.63, 3.8) is 0 Å². The first-order chi connectivity index (χ1) is 13.4. The number of hydrogen-bond acceptors (Lipinski definition) is 5. The maximum Gasteiger partial charge on any atom is 0.312 e. The number of carbonyl (C=O) groups excluding carboxylic acids is 2. The fourth-order valence-corrected chi connectivity index (χ4v) is 11.2. The van der Waals surface area contributed by atoms with E-state index in [4.69, 9.17) is 14.2 Å². The second-order valence-electron chi connectivity index (χ2n) is 11.4. The lowest BCUT2D eigenvalue weighted by Crippen LogP contribution is -2.49. The molecular formula is C22H25IO5. The molecule has 8 fully saturated rings. The van der Waals surface area contributed by atoms with E-state index in [0.717, 1.165) is 25.2 Å². The number of alkyl halides is 1. The van der Waals surface area contributed by atoms with Crippen LogP contribution in [-0.2, 0) is 23.8 Å². The first kappa shape index (κ1) is 16.5. The number of Topliss-reactive ketones (excluding diaryl/α,β-unsaturated/α-hetero) is 1. The first-order valence-electron chi connectivity index (χ1n) is 11.1. The maximum atomic E-state index is 12.9. The minimum absolute atomic E-state index is 0.0835. The highest BCUT2D eigenvalue weighted by atomic mass is 127. The molecule has 1 heterocycles. The van der Waals surface area contributed by atoms with E-state index in [0.29, 0.717) is 45.6 Å². The van der Waals surface area contributed by atoms with Crippen molar-refractivity contribution in [2.45, 2.75) is 60.3 Å². The summed E-state index contributed by atoms with van der Waals surface area (Å²) in [5, 5.41) is 0. The molecule has 5 nitrogen and oxygen atoms in total. The largest absolute Gasteiger partial charge is 0.462 e. The minimum Gasteiger partial charge on any atom is -0.462 e. The van der Waals surface area contributed by atoms with Gasteiger partial charge in [-0.15, -0.1) is 0 Å². The van der Waals surface area contributed by atoms with Gasteiger partial charge in [0.2, 0.25) is 0 Å². The SMILES string of the molecule is O=C1C2CC3(C(=O)OCC4COC5(O4)C4CC6C5CC65CC5(I)C4)CC1C2C3. The number of carbonyl (C=O) groups is 2. The fraction of sp³-hybridized carbons (Fsp3) is 0.909. The molecule has 7 saturated carbocycles. The van der Waals surface area contributed by atoms with Crippen LogP contribution in [0.3, 0.4) is 0 Å². The zero-order chi connectivity index (χ0) is 18.7. The van der Waals surface area contributed by atoms with Crippen LogP contribution >= 0.6 is 22.6 Å². The number of halogens is 1. The van der Waals surface area contributed by atoms with Crippen LogP contribution in [0.1, 0.15) is 44.9 Å². The van der Waals surface area contributed by atoms with Crippen molar-refractivity contribution in [3.8, 4) is 0 Å². The van der Waals surface area contributed by atoms with E-state index in [2.05, 4.69) is 22.6 Å². The van der Waals surface area contributed by atoms with Gasteiger partial charge in [-0.1, -0.05) is 22.6 Å². The van der Waals surface area contributed by atoms with Crippen molar-refractivity contribution < 1.29 is 23.8 Å². The van der Waals surface area contributed by atoms with Gasteiger partial charge in [0.25, 0.3) is 0 Å². The van der Waals surface area contributed by atoms with Crippen molar-refractivity contribution >= 4 is 34.3 Å². The zero-order valence-corrected chi connectivity index (χ0v) is 18.0. The predicted octanol–water partition coefficient (Wildman–Crippen LogP) is 2.88. The molecule has 0 N–H and O–H groups in total. The van der Waals surface area contributed by atoms with Crippen molar-refractivity contribution in [2.24, 2.45) is 46.3 Å². The molecule has 4 bridgehead atoms. The van der Waals surface area contributed by atoms with Gasteiger partial charge in [-0.25, -0.2) is 0 Å². The second-order valence-corrected chi connectivity index (χ2v) is 13.5. The molecule has 150 valence electrons. The highest BCUT2D eigenvalue weighted by molar-refractivity contribution is 14.1. The van der Waals surface area contributed by atoms with Crippen LogP contribution < -0.4 is 0 Å². The van der Waals surface area contributed by atoms with Gasteiger partial charge in [0.1, 0.15) is 18.5 Å². The van der Waals surface area contributed by atoms with E-state index in [-0.39, 0.29) is 29.3 Å². The first-order valence-corrected chi connectivity index (χ1v) is 12.2. The summed E-state index contributed by atoms with van der Waals surface area (Å²) < 4.78 is 19.2. The molecular weight excluding hydrogens is 471 g/mol. The topological polar surface area (TPSA) is 61.8 Å². The lowest BCUT2D eigenvalue weighted by molar-refractivity contribution is -0.239. The highest BCUT2D eigenvalue weighted by Crippen LogP contribution is 2.88. The van der Waals surface area contributed by atoms with E-state index in [9.17, 15) is 9.59 Å². The van der Waals surface area contributed by atoms with Crippen LogP contribution in [0.15, 0.2) is 0 Å². The molecule has 6 heteroatoms. The van der Waals surface area contributed by atoms with E-state index in [1.807, 2.05) is 0 Å². The van der Waals surface area contributed by atoms with Crippen molar-refractivity contribution in [2.75, 3.05) is 13.2 Å². The molecule has 0 aromatic carbocycles. The smallest absolute Gasteiger partial charge is 0.312 e. The van der Waals surface area contributed by atoms with Crippen LogP contribution in [0.2, 0.25) is 0 Å². The monoisotopic (exact) mass is 496 g/mol. The Labute approximate surface area is 177 Å². The molecule has 7 aliphatic carbocycles. The standard InChI is InChI=1S/C22H25IO5/c23-21-2-10-1-15-16(6-20(15,21)9-21)22(10)27-8-11(28-22)7-26-18(25)19-3-12-13(4-19)17(24)14(12)5-19/h10-16H,1-9H2. The number of rotatable bonds is 3. The molecule has 8 aliphatic rings. The molecule has 1 aliphatic heterocycles. The Morgan fingerprint density at radius 2 is 1.96 bits per heavy atom. The van der Waals surface area contributed by atoms with Crippen molar-refractivity contribution in [3.05, 3.63) is 0 Å². The summed E-state index contributed by atoms with van der Waals surface area (Å²) in [6, 6.07) is 0. The summed E-state index contributed by atoms with van der Waals surface area (Å²) in [6.45, 7) is 0.856. The lowest BCUT2D eigenvalue weighted by atomic mass is 9.60. The molecule has 0 aromatic rings. The van der Waals surface area contributed by atoms with Gasteiger partial charge in [-0.3, -0.25) is 9.59 Å². The Hall–Kier alpha value is -0.210. The third-order valence-corrected chi connectivity index (χ3v) is 12.5. The summed E-state index contributed by atoms with van der Waals surface area (Å²) in [4.78, 5) is 24.8. The summed E-state index contributed by atoms with van der Waals surface area (Å²) in [7, 11) is 0. The Kier molecular flexibility index (Phi) is 2.66. The number of esters is 1. The molecule has 8 rings (SSSR count). The molecule has 1 saturated heterocycles. The van der Waals surface area contributed by atoms with Gasteiger partial charge in [0.05, 0.1) is 12.0 Å². The van der Waals surface area contributed by atoms with Crippen LogP contribution in [0.5, 0.6) is 0 Å². The van der Waals surface area contributed by atoms with E-state index >= 15 is 0 Å². The Morgan fingerprint density at radius 1 is 1.14 bits per heavy atom. The fourth-order valence-electron chi connectivity index (χ4n) is 9.37. The van der Waals surface area contributed by atoms with Crippen LogP contribution in [-0.4, -0.2) is 40.3 Å². The van der Waals surface area contributed by atoms with Gasteiger partial charge < -0.3 is 14.2 Å². The van der Waals surface area contributed by atoms with Gasteiger partial charge in [-0.05, 0) is 62.2 Å². The molecule has 9 unspecified atom stereocenters. The summed E-state index contributed by atoms with van der Waals surface area (Å²) in [5.41, 5.74) is 0.235. The number of fused-ring (bicyclic) bond motifs is 4. The number of hydrogen-bond donors (Lipinski definition) is 0. The zero-order valence-electron chi connectivity index (χ0n) is 15.8. The maximum absolute atomic E-state index is 12.9. The molecule has 0 aromatic heterocycles. The molecule has 0 amide bonds. The average Bonchev–Trinajstić information content (AvgIpc) is 3.03. The Bertz CT molecular complexity index is 842. The quantitative estimate of drug-likeness (QED) is 0.342. The molecule has 2 spiro atoms. The van der Waals surface area contributed by atoms with Crippen LogP contribution in [0.4, 0.5) is 0 Å². The van der Waals surface area contributed by atoms with E-state index in [1.165, 1.54) is 25.7 Å². The number of ether oxygens (including phenoxy) is 3. The van der Waals surface area contributed by atoms with Crippen LogP contribution in [0.25, 0.3) is 0 Å². The van der Waals surface area contributed by atoms with Crippen molar-refractivity contribution in [1.29, 1.82) is 0 Å². The Morgan fingerprint density at radius 3 is 2.75 bits per heavy atom. The number of ketones is 1. The molecule has 28 heavy (non-hydrogen) atoms. The normalized spacial score (nSPS) is 65.9.